The molecule has 0 atom stereocenters. The second-order valence-corrected chi connectivity index (χ2v) is 9.18. The summed E-state index contributed by atoms with van der Waals surface area (Å²) in [6, 6.07) is 18.8. The van der Waals surface area contributed by atoms with Crippen LogP contribution in [0.5, 0.6) is 5.75 Å². The van der Waals surface area contributed by atoms with E-state index in [-0.39, 0.29) is 28.5 Å². The molecule has 4 rings (SSSR count). The highest BCUT2D eigenvalue weighted by molar-refractivity contribution is 6.30. The van der Waals surface area contributed by atoms with Gasteiger partial charge in [0.05, 0.1) is 18.4 Å². The molecule has 0 unspecified atom stereocenters. The van der Waals surface area contributed by atoms with E-state index >= 15 is 0 Å². The van der Waals surface area contributed by atoms with Crippen molar-refractivity contribution >= 4 is 29.1 Å². The van der Waals surface area contributed by atoms with Crippen LogP contribution in [0.4, 0.5) is 19.0 Å². The molecule has 1 aromatic heterocycles. The first-order chi connectivity index (χ1) is 19.6. The number of hydrogen-bond donors (Lipinski definition) is 2. The molecule has 1 heterocycles. The normalized spacial score (nSPS) is 11.0. The number of ketones is 1. The summed E-state index contributed by atoms with van der Waals surface area (Å²) in [5.41, 5.74) is -0.291. The lowest BCUT2D eigenvalue weighted by Crippen LogP contribution is -2.26. The van der Waals surface area contributed by atoms with Crippen molar-refractivity contribution in [1.29, 1.82) is 5.26 Å². The van der Waals surface area contributed by atoms with Gasteiger partial charge in [-0.3, -0.25) is 9.59 Å². The molecule has 0 aliphatic heterocycles. The molecule has 1 amide bonds. The number of nitrogens with one attached hydrogen (secondary N) is 2. The van der Waals surface area contributed by atoms with E-state index in [9.17, 15) is 28.0 Å². The van der Waals surface area contributed by atoms with Gasteiger partial charge >= 0.3 is 6.18 Å². The Morgan fingerprint density at radius 1 is 0.976 bits per heavy atom. The molecule has 0 saturated heterocycles. The Kier molecular flexibility index (Phi) is 8.94. The molecule has 0 aliphatic carbocycles. The van der Waals surface area contributed by atoms with Crippen LogP contribution in [0, 0.1) is 11.3 Å². The van der Waals surface area contributed by atoms with Crippen LogP contribution < -0.4 is 15.4 Å². The Hall–Kier alpha value is -4.82. The van der Waals surface area contributed by atoms with E-state index < -0.39 is 17.5 Å². The maximum atomic E-state index is 13.3. The minimum absolute atomic E-state index is 0.0527. The molecule has 41 heavy (non-hydrogen) atoms. The number of ether oxygens (including phenoxy) is 1. The van der Waals surface area contributed by atoms with E-state index in [0.29, 0.717) is 41.5 Å². The van der Waals surface area contributed by atoms with E-state index in [1.165, 1.54) is 11.8 Å². The number of benzene rings is 3. The average molecular weight is 582 g/mol. The molecule has 0 bridgehead atoms. The van der Waals surface area contributed by atoms with E-state index in [4.69, 9.17) is 16.3 Å². The van der Waals surface area contributed by atoms with Crippen LogP contribution in [0.15, 0.2) is 72.8 Å². The highest BCUT2D eigenvalue weighted by Gasteiger charge is 2.31. The number of carbonyl (C=O) groups excluding carboxylic acids is 2. The first kappa shape index (κ1) is 29.2. The number of aromatic nitrogens is 2. The Morgan fingerprint density at radius 3 is 2.20 bits per heavy atom. The average Bonchev–Trinajstić information content (AvgIpc) is 3.34. The fourth-order valence-electron chi connectivity index (χ4n) is 3.90. The van der Waals surface area contributed by atoms with Gasteiger partial charge in [0.1, 0.15) is 23.2 Å². The second kappa shape index (κ2) is 12.6. The molecule has 8 nitrogen and oxygen atoms in total. The van der Waals surface area contributed by atoms with Gasteiger partial charge in [-0.1, -0.05) is 23.7 Å². The smallest absolute Gasteiger partial charge is 0.416 e. The largest absolute Gasteiger partial charge is 0.497 e. The van der Waals surface area contributed by atoms with Gasteiger partial charge in [0.25, 0.3) is 5.91 Å². The standard InChI is InChI=1S/C29H23ClF3N5O3/c1-41-23-13-5-19(6-14-23)28(40)36-16-2-15-35-27-24(17-34)25(37-38(27)22-11-9-21(30)10-12-22)26(39)18-3-7-20(8-4-18)29(31,32)33/h3-14,35H,2,15-16H2,1H3,(H,36,40). The summed E-state index contributed by atoms with van der Waals surface area (Å²) < 4.78 is 45.4. The minimum atomic E-state index is -4.55. The zero-order valence-electron chi connectivity index (χ0n) is 21.6. The molecule has 0 saturated carbocycles. The number of rotatable bonds is 10. The number of carbonyl (C=O) groups is 2. The number of nitriles is 1. The molecular weight excluding hydrogens is 559 g/mol. The topological polar surface area (TPSA) is 109 Å². The summed E-state index contributed by atoms with van der Waals surface area (Å²) in [6.07, 6.45) is -4.10. The van der Waals surface area contributed by atoms with Crippen molar-refractivity contribution in [3.05, 3.63) is 106 Å². The number of hydrogen-bond acceptors (Lipinski definition) is 6. The van der Waals surface area contributed by atoms with Crippen molar-refractivity contribution in [1.82, 2.24) is 15.1 Å². The Labute approximate surface area is 238 Å². The fraction of sp³-hybridized carbons (Fsp3) is 0.172. The fourth-order valence-corrected chi connectivity index (χ4v) is 4.03. The number of anilines is 1. The molecule has 0 fully saturated rings. The first-order valence-electron chi connectivity index (χ1n) is 12.3. The second-order valence-electron chi connectivity index (χ2n) is 8.74. The molecule has 210 valence electrons. The molecular formula is C29H23ClF3N5O3. The lowest BCUT2D eigenvalue weighted by molar-refractivity contribution is -0.137. The summed E-state index contributed by atoms with van der Waals surface area (Å²) in [7, 11) is 1.53. The number of methoxy groups -OCH3 is 1. The van der Waals surface area contributed by atoms with Gasteiger partial charge < -0.3 is 15.4 Å². The summed E-state index contributed by atoms with van der Waals surface area (Å²) in [5.74, 6) is -0.127. The van der Waals surface area contributed by atoms with E-state index in [2.05, 4.69) is 15.7 Å². The maximum Gasteiger partial charge on any atom is 0.416 e. The third kappa shape index (κ3) is 6.85. The number of amides is 1. The van der Waals surface area contributed by atoms with Gasteiger partial charge in [-0.25, -0.2) is 4.68 Å². The quantitative estimate of drug-likeness (QED) is 0.179. The predicted molar refractivity (Wildman–Crippen MR) is 147 cm³/mol. The zero-order chi connectivity index (χ0) is 29.6. The molecule has 12 heteroatoms. The van der Waals surface area contributed by atoms with Crippen molar-refractivity contribution in [2.24, 2.45) is 0 Å². The minimum Gasteiger partial charge on any atom is -0.497 e. The monoisotopic (exact) mass is 581 g/mol. The summed E-state index contributed by atoms with van der Waals surface area (Å²) in [4.78, 5) is 25.6. The summed E-state index contributed by atoms with van der Waals surface area (Å²) in [6.45, 7) is 0.608. The Morgan fingerprint density at radius 2 is 1.61 bits per heavy atom. The van der Waals surface area contributed by atoms with Crippen molar-refractivity contribution in [2.75, 3.05) is 25.5 Å². The van der Waals surface area contributed by atoms with E-state index in [1.807, 2.05) is 6.07 Å². The molecule has 0 aliphatic rings. The highest BCUT2D eigenvalue weighted by Crippen LogP contribution is 2.30. The van der Waals surface area contributed by atoms with Crippen LogP contribution >= 0.6 is 11.6 Å². The van der Waals surface area contributed by atoms with Crippen molar-refractivity contribution < 1.29 is 27.5 Å². The van der Waals surface area contributed by atoms with Crippen LogP contribution in [0.3, 0.4) is 0 Å². The van der Waals surface area contributed by atoms with Gasteiger partial charge in [0.15, 0.2) is 5.69 Å². The van der Waals surface area contributed by atoms with E-state index in [1.54, 1.807) is 48.5 Å². The van der Waals surface area contributed by atoms with Gasteiger partial charge in [-0.15, -0.1) is 0 Å². The van der Waals surface area contributed by atoms with E-state index in [0.717, 1.165) is 24.3 Å². The first-order valence-corrected chi connectivity index (χ1v) is 12.7. The van der Waals surface area contributed by atoms with Gasteiger partial charge in [-0.2, -0.15) is 23.5 Å². The third-order valence-electron chi connectivity index (χ3n) is 6.04. The van der Waals surface area contributed by atoms with Crippen LogP contribution in [-0.4, -0.2) is 41.7 Å². The summed E-state index contributed by atoms with van der Waals surface area (Å²) in [5, 5.41) is 20.7. The van der Waals surface area contributed by atoms with Crippen LogP contribution in [-0.2, 0) is 6.18 Å². The lowest BCUT2D eigenvalue weighted by atomic mass is 10.0. The van der Waals surface area contributed by atoms with Crippen molar-refractivity contribution in [3.63, 3.8) is 0 Å². The van der Waals surface area contributed by atoms with Crippen LogP contribution in [0.25, 0.3) is 5.69 Å². The SMILES string of the molecule is COc1ccc(C(=O)NCCCNc2c(C#N)c(C(=O)c3ccc(C(F)(F)F)cc3)nn2-c2ccc(Cl)cc2)cc1. The molecule has 0 spiro atoms. The zero-order valence-corrected chi connectivity index (χ0v) is 22.4. The molecule has 3 aromatic carbocycles. The maximum absolute atomic E-state index is 13.3. The lowest BCUT2D eigenvalue weighted by Gasteiger charge is -2.11. The third-order valence-corrected chi connectivity index (χ3v) is 6.29. The molecule has 0 radical (unpaired) electrons. The molecule has 2 N–H and O–H groups in total. The van der Waals surface area contributed by atoms with Crippen LogP contribution in [0.2, 0.25) is 5.02 Å². The summed E-state index contributed by atoms with van der Waals surface area (Å²) >= 11 is 6.01. The van der Waals surface area contributed by atoms with Gasteiger partial charge in [0.2, 0.25) is 5.78 Å². The number of nitrogens with zero attached hydrogens (tertiary/aromatic N) is 3. The Bertz CT molecular complexity index is 1580. The Balaban J connectivity index is 1.53. The van der Waals surface area contributed by atoms with Gasteiger partial charge in [0, 0.05) is 29.2 Å². The number of alkyl halides is 3. The van der Waals surface area contributed by atoms with Crippen LogP contribution in [0.1, 0.15) is 44.0 Å². The van der Waals surface area contributed by atoms with Gasteiger partial charge in [-0.05, 0) is 67.1 Å². The molecule has 4 aromatic rings. The number of halogens is 4. The predicted octanol–water partition coefficient (Wildman–Crippen LogP) is 5.89. The van der Waals surface area contributed by atoms with Crippen molar-refractivity contribution in [3.8, 4) is 17.5 Å². The van der Waals surface area contributed by atoms with Crippen molar-refractivity contribution in [2.45, 2.75) is 12.6 Å². The highest BCUT2D eigenvalue weighted by atomic mass is 35.5.